The Hall–Kier alpha value is -0.450. The molecule has 0 fully saturated rings. The third-order valence-electron chi connectivity index (χ3n) is 1.60. The highest BCUT2D eigenvalue weighted by Crippen LogP contribution is 1.95. The van der Waals surface area contributed by atoms with Crippen molar-refractivity contribution in [1.82, 2.24) is 4.72 Å². The zero-order valence-electron chi connectivity index (χ0n) is 8.19. The Morgan fingerprint density at radius 1 is 1.57 bits per heavy atom. The van der Waals surface area contributed by atoms with Gasteiger partial charge < -0.3 is 0 Å². The Kier molecular flexibility index (Phi) is 5.92. The second-order valence-corrected chi connectivity index (χ2v) is 6.59. The lowest BCUT2D eigenvalue weighted by atomic mass is 10.5. The molecule has 0 radical (unpaired) electrons. The van der Waals surface area contributed by atoms with Crippen LogP contribution >= 0.6 is 0 Å². The molecule has 14 heavy (non-hydrogen) atoms. The van der Waals surface area contributed by atoms with E-state index < -0.39 is 26.1 Å². The van der Waals surface area contributed by atoms with Gasteiger partial charge in [-0.05, 0) is 6.92 Å². The summed E-state index contributed by atoms with van der Waals surface area (Å²) in [6.45, 7) is 3.19. The molecule has 0 aromatic heterocycles. The van der Waals surface area contributed by atoms with Crippen molar-refractivity contribution in [3.8, 4) is 6.07 Å². The minimum atomic E-state index is -3.56. The van der Waals surface area contributed by atoms with Gasteiger partial charge >= 0.3 is 0 Å². The first-order valence-electron chi connectivity index (χ1n) is 4.17. The largest absolute Gasteiger partial charge is 0.260 e. The lowest BCUT2D eigenvalue weighted by molar-refractivity contribution is 0.579. The van der Waals surface area contributed by atoms with E-state index in [1.165, 1.54) is 6.92 Å². The Morgan fingerprint density at radius 3 is 2.57 bits per heavy atom. The highest BCUT2D eigenvalue weighted by atomic mass is 32.2. The molecule has 0 aromatic rings. The van der Waals surface area contributed by atoms with Crippen LogP contribution in [0.25, 0.3) is 0 Å². The number of nitrogens with zero attached hydrogens (tertiary/aromatic N) is 1. The van der Waals surface area contributed by atoms with Crippen molar-refractivity contribution in [2.75, 3.05) is 18.1 Å². The fourth-order valence-electron chi connectivity index (χ4n) is 0.636. The molecule has 1 N–H and O–H groups in total. The number of nitrogens with one attached hydrogen (secondary N) is 1. The zero-order valence-corrected chi connectivity index (χ0v) is 9.82. The van der Waals surface area contributed by atoms with Crippen LogP contribution in [0.15, 0.2) is 0 Å². The van der Waals surface area contributed by atoms with Gasteiger partial charge in [0.05, 0.1) is 6.07 Å². The molecule has 7 heteroatoms. The average molecular weight is 238 g/mol. The van der Waals surface area contributed by atoms with Gasteiger partial charge in [0.15, 0.2) is 5.25 Å². The topological polar surface area (TPSA) is 87.0 Å². The van der Waals surface area contributed by atoms with Gasteiger partial charge in [-0.2, -0.15) is 5.26 Å². The van der Waals surface area contributed by atoms with Gasteiger partial charge in [0.25, 0.3) is 0 Å². The second-order valence-electron chi connectivity index (χ2n) is 2.64. The van der Waals surface area contributed by atoms with Crippen molar-refractivity contribution < 1.29 is 12.6 Å². The Morgan fingerprint density at radius 2 is 2.14 bits per heavy atom. The minimum absolute atomic E-state index is 0.120. The summed E-state index contributed by atoms with van der Waals surface area (Å²) in [5, 5.41) is 7.32. The monoisotopic (exact) mass is 238 g/mol. The SMILES string of the molecule is CCS(=O)CCNS(=O)(=O)C(C)C#N. The van der Waals surface area contributed by atoms with Crippen LogP contribution in [0.3, 0.4) is 0 Å². The van der Waals surface area contributed by atoms with Crippen LogP contribution in [-0.2, 0) is 20.8 Å². The summed E-state index contributed by atoms with van der Waals surface area (Å²) in [4.78, 5) is 0. The Labute approximate surface area is 87.0 Å². The summed E-state index contributed by atoms with van der Waals surface area (Å²) in [5.74, 6) is 0.795. The van der Waals surface area contributed by atoms with E-state index in [-0.39, 0.29) is 12.3 Å². The molecule has 0 bridgehead atoms. The molecule has 0 aliphatic rings. The number of hydrogen-bond donors (Lipinski definition) is 1. The lowest BCUT2D eigenvalue weighted by Gasteiger charge is -2.06. The van der Waals surface area contributed by atoms with E-state index in [0.717, 1.165) is 0 Å². The molecular weight excluding hydrogens is 224 g/mol. The molecule has 0 rings (SSSR count). The standard InChI is InChI=1S/C7H14N2O3S2/c1-3-13(10)5-4-9-14(11,12)7(2)6-8/h7,9H,3-5H2,1-2H3. The average Bonchev–Trinajstić information content (AvgIpc) is 2.15. The fraction of sp³-hybridized carbons (Fsp3) is 0.857. The molecule has 0 aliphatic heterocycles. The van der Waals surface area contributed by atoms with Gasteiger partial charge in [0.2, 0.25) is 10.0 Å². The van der Waals surface area contributed by atoms with Crippen molar-refractivity contribution in [3.05, 3.63) is 0 Å². The van der Waals surface area contributed by atoms with Crippen molar-refractivity contribution in [2.45, 2.75) is 19.1 Å². The molecule has 5 nitrogen and oxygen atoms in total. The first-order chi connectivity index (χ1) is 6.44. The molecular formula is C7H14N2O3S2. The van der Waals surface area contributed by atoms with Crippen molar-refractivity contribution in [1.29, 1.82) is 5.26 Å². The van der Waals surface area contributed by atoms with Gasteiger partial charge in [-0.15, -0.1) is 0 Å². The van der Waals surface area contributed by atoms with Gasteiger partial charge in [-0.3, -0.25) is 4.21 Å². The number of hydrogen-bond acceptors (Lipinski definition) is 4. The smallest absolute Gasteiger partial charge is 0.227 e. The summed E-state index contributed by atoms with van der Waals surface area (Å²) >= 11 is 0. The van der Waals surface area contributed by atoms with Crippen molar-refractivity contribution in [3.63, 3.8) is 0 Å². The van der Waals surface area contributed by atoms with Crippen LogP contribution in [0.2, 0.25) is 0 Å². The first-order valence-corrected chi connectivity index (χ1v) is 7.20. The Balaban J connectivity index is 4.03. The van der Waals surface area contributed by atoms with E-state index in [9.17, 15) is 12.6 Å². The van der Waals surface area contributed by atoms with Gasteiger partial charge in [-0.25, -0.2) is 13.1 Å². The summed E-state index contributed by atoms with van der Waals surface area (Å²) in [5.41, 5.74) is 0. The molecule has 0 saturated heterocycles. The molecule has 0 aliphatic carbocycles. The normalized spacial score (nSPS) is 15.8. The number of nitriles is 1. The quantitative estimate of drug-likeness (QED) is 0.681. The zero-order chi connectivity index (χ0) is 11.2. The van der Waals surface area contributed by atoms with Crippen molar-refractivity contribution in [2.24, 2.45) is 0 Å². The minimum Gasteiger partial charge on any atom is -0.260 e. The summed E-state index contributed by atoms with van der Waals surface area (Å²) in [6, 6.07) is 1.63. The van der Waals surface area contributed by atoms with Crippen LogP contribution in [0.4, 0.5) is 0 Å². The highest BCUT2D eigenvalue weighted by Gasteiger charge is 2.18. The van der Waals surface area contributed by atoms with E-state index >= 15 is 0 Å². The Bertz CT molecular complexity index is 331. The van der Waals surface area contributed by atoms with Crippen LogP contribution in [0, 0.1) is 11.3 Å². The molecule has 0 saturated carbocycles. The maximum atomic E-state index is 11.2. The molecule has 82 valence electrons. The van der Waals surface area contributed by atoms with Crippen LogP contribution < -0.4 is 4.72 Å². The molecule has 2 unspecified atom stereocenters. The predicted molar refractivity (Wildman–Crippen MR) is 55.5 cm³/mol. The highest BCUT2D eigenvalue weighted by molar-refractivity contribution is 7.90. The van der Waals surface area contributed by atoms with E-state index in [4.69, 9.17) is 5.26 Å². The van der Waals surface area contributed by atoms with Gasteiger partial charge in [0.1, 0.15) is 0 Å². The fourth-order valence-corrected chi connectivity index (χ4v) is 2.16. The summed E-state index contributed by atoms with van der Waals surface area (Å²) in [6.07, 6.45) is 0. The van der Waals surface area contributed by atoms with Crippen molar-refractivity contribution >= 4 is 20.8 Å². The first kappa shape index (κ1) is 13.5. The molecule has 0 aromatic carbocycles. The lowest BCUT2D eigenvalue weighted by Crippen LogP contribution is -2.34. The third-order valence-corrected chi connectivity index (χ3v) is 4.55. The second kappa shape index (κ2) is 6.11. The van der Waals surface area contributed by atoms with Crippen LogP contribution in [-0.4, -0.2) is 35.9 Å². The summed E-state index contributed by atoms with van der Waals surface area (Å²) < 4.78 is 35.6. The maximum Gasteiger partial charge on any atom is 0.227 e. The van der Waals surface area contributed by atoms with Gasteiger partial charge in [-0.1, -0.05) is 6.92 Å². The van der Waals surface area contributed by atoms with E-state index in [1.54, 1.807) is 13.0 Å². The van der Waals surface area contributed by atoms with E-state index in [0.29, 0.717) is 5.75 Å². The predicted octanol–water partition coefficient (Wildman–Crippen LogP) is -0.414. The van der Waals surface area contributed by atoms with E-state index in [1.807, 2.05) is 0 Å². The number of rotatable bonds is 6. The summed E-state index contributed by atoms with van der Waals surface area (Å²) in [7, 11) is -4.55. The molecule has 0 spiro atoms. The van der Waals surface area contributed by atoms with E-state index in [2.05, 4.69) is 4.72 Å². The molecule has 0 heterocycles. The van der Waals surface area contributed by atoms with Gasteiger partial charge in [0, 0.05) is 28.9 Å². The molecule has 0 amide bonds. The maximum absolute atomic E-state index is 11.2. The molecule has 2 atom stereocenters. The van der Waals surface area contributed by atoms with Crippen LogP contribution in [0.5, 0.6) is 0 Å². The van der Waals surface area contributed by atoms with Crippen LogP contribution in [0.1, 0.15) is 13.8 Å². The third kappa shape index (κ3) is 4.69. The number of sulfonamides is 1.